The minimum atomic E-state index is -0.520. The van der Waals surface area contributed by atoms with Gasteiger partial charge in [-0.05, 0) is 47.4 Å². The van der Waals surface area contributed by atoms with Gasteiger partial charge in [0.1, 0.15) is 5.75 Å². The molecular formula is C15H18O2S. The van der Waals surface area contributed by atoms with Crippen LogP contribution in [0.4, 0.5) is 0 Å². The summed E-state index contributed by atoms with van der Waals surface area (Å²) in [5.41, 5.74) is 4.30. The molecule has 2 nitrogen and oxygen atoms in total. The van der Waals surface area contributed by atoms with Gasteiger partial charge in [-0.2, -0.15) is 11.3 Å². The van der Waals surface area contributed by atoms with Gasteiger partial charge in [0.05, 0.1) is 13.2 Å². The average Bonchev–Trinajstić information content (AvgIpc) is 2.85. The Hall–Kier alpha value is -1.32. The van der Waals surface area contributed by atoms with Crippen LogP contribution in [-0.4, -0.2) is 12.2 Å². The lowest BCUT2D eigenvalue weighted by Crippen LogP contribution is -2.05. The van der Waals surface area contributed by atoms with E-state index in [-0.39, 0.29) is 0 Å². The van der Waals surface area contributed by atoms with Crippen LogP contribution in [-0.2, 0) is 6.42 Å². The number of aryl methyl sites for hydroxylation is 1. The first-order chi connectivity index (χ1) is 8.63. The van der Waals surface area contributed by atoms with E-state index in [9.17, 15) is 5.11 Å². The maximum Gasteiger partial charge on any atom is 0.127 e. The third kappa shape index (κ3) is 2.57. The van der Waals surface area contributed by atoms with Gasteiger partial charge in [-0.25, -0.2) is 0 Å². The number of aliphatic hydroxyl groups excluding tert-OH is 1. The van der Waals surface area contributed by atoms with Gasteiger partial charge in [-0.3, -0.25) is 0 Å². The maximum atomic E-state index is 10.3. The number of methoxy groups -OCH3 is 1. The Morgan fingerprint density at radius 2 is 2.06 bits per heavy atom. The van der Waals surface area contributed by atoms with Gasteiger partial charge < -0.3 is 9.84 Å². The average molecular weight is 262 g/mol. The number of thiophene rings is 1. The zero-order valence-electron chi connectivity index (χ0n) is 10.9. The molecule has 0 aliphatic rings. The van der Waals surface area contributed by atoms with E-state index in [0.717, 1.165) is 22.4 Å². The summed E-state index contributed by atoms with van der Waals surface area (Å²) in [5.74, 6) is 0.803. The molecule has 0 fully saturated rings. The Kier molecular flexibility index (Phi) is 4.04. The summed E-state index contributed by atoms with van der Waals surface area (Å²) in [6, 6.07) is 6.03. The molecular weight excluding hydrogens is 244 g/mol. The first-order valence-corrected chi connectivity index (χ1v) is 6.91. The molecule has 1 atom stereocenters. The molecule has 1 aromatic carbocycles. The van der Waals surface area contributed by atoms with Crippen molar-refractivity contribution in [3.63, 3.8) is 0 Å². The predicted molar refractivity (Wildman–Crippen MR) is 75.5 cm³/mol. The Balaban J connectivity index is 2.30. The van der Waals surface area contributed by atoms with Gasteiger partial charge in [0.2, 0.25) is 0 Å². The first kappa shape index (κ1) is 13.1. The van der Waals surface area contributed by atoms with E-state index in [1.165, 1.54) is 5.56 Å². The van der Waals surface area contributed by atoms with Crippen LogP contribution in [0.3, 0.4) is 0 Å². The zero-order valence-corrected chi connectivity index (χ0v) is 11.8. The molecule has 1 N–H and O–H groups in total. The minimum Gasteiger partial charge on any atom is -0.496 e. The maximum absolute atomic E-state index is 10.3. The molecule has 3 heteroatoms. The second-order valence-electron chi connectivity index (χ2n) is 4.48. The second kappa shape index (κ2) is 5.55. The smallest absolute Gasteiger partial charge is 0.127 e. The van der Waals surface area contributed by atoms with Crippen LogP contribution in [0.5, 0.6) is 5.75 Å². The van der Waals surface area contributed by atoms with Crippen LogP contribution < -0.4 is 4.74 Å². The summed E-state index contributed by atoms with van der Waals surface area (Å²) in [6.45, 7) is 4.07. The standard InChI is InChI=1S/C15H18O2S/c1-10-4-5-13(15(17-3)11(10)2)14(16)8-12-6-7-18-9-12/h4-7,9,14,16H,8H2,1-3H3. The van der Waals surface area contributed by atoms with Gasteiger partial charge in [0.25, 0.3) is 0 Å². The molecule has 2 rings (SSSR count). The molecule has 0 radical (unpaired) electrons. The Bertz CT molecular complexity index is 518. The van der Waals surface area contributed by atoms with Crippen LogP contribution in [0.15, 0.2) is 29.0 Å². The summed E-state index contributed by atoms with van der Waals surface area (Å²) in [4.78, 5) is 0. The number of ether oxygens (including phenoxy) is 1. The first-order valence-electron chi connectivity index (χ1n) is 5.96. The normalized spacial score (nSPS) is 12.4. The minimum absolute atomic E-state index is 0.520. The largest absolute Gasteiger partial charge is 0.496 e. The molecule has 0 saturated heterocycles. The highest BCUT2D eigenvalue weighted by molar-refractivity contribution is 7.07. The van der Waals surface area contributed by atoms with E-state index in [4.69, 9.17) is 4.74 Å². The number of aliphatic hydroxyl groups is 1. The molecule has 96 valence electrons. The zero-order chi connectivity index (χ0) is 13.1. The molecule has 0 saturated carbocycles. The van der Waals surface area contributed by atoms with E-state index in [1.807, 2.05) is 37.4 Å². The quantitative estimate of drug-likeness (QED) is 0.911. The van der Waals surface area contributed by atoms with Crippen molar-refractivity contribution >= 4 is 11.3 Å². The van der Waals surface area contributed by atoms with Crippen molar-refractivity contribution in [1.29, 1.82) is 0 Å². The lowest BCUT2D eigenvalue weighted by atomic mass is 9.97. The van der Waals surface area contributed by atoms with Crippen LogP contribution in [0, 0.1) is 13.8 Å². The van der Waals surface area contributed by atoms with Crippen LogP contribution >= 0.6 is 11.3 Å². The van der Waals surface area contributed by atoms with E-state index in [2.05, 4.69) is 5.38 Å². The molecule has 0 aliphatic carbocycles. The number of benzene rings is 1. The molecule has 1 heterocycles. The highest BCUT2D eigenvalue weighted by Crippen LogP contribution is 2.32. The van der Waals surface area contributed by atoms with Crippen molar-refractivity contribution in [2.75, 3.05) is 7.11 Å². The lowest BCUT2D eigenvalue weighted by Gasteiger charge is -2.17. The van der Waals surface area contributed by atoms with Crippen molar-refractivity contribution in [3.8, 4) is 5.75 Å². The summed E-state index contributed by atoms with van der Waals surface area (Å²) in [5, 5.41) is 14.4. The van der Waals surface area contributed by atoms with E-state index >= 15 is 0 Å². The van der Waals surface area contributed by atoms with Crippen molar-refractivity contribution in [3.05, 3.63) is 51.2 Å². The van der Waals surface area contributed by atoms with Gasteiger partial charge in [0.15, 0.2) is 0 Å². The number of rotatable bonds is 4. The van der Waals surface area contributed by atoms with Gasteiger partial charge in [-0.15, -0.1) is 0 Å². The van der Waals surface area contributed by atoms with Crippen LogP contribution in [0.1, 0.15) is 28.4 Å². The van der Waals surface area contributed by atoms with Crippen LogP contribution in [0.25, 0.3) is 0 Å². The highest BCUT2D eigenvalue weighted by Gasteiger charge is 2.16. The summed E-state index contributed by atoms with van der Waals surface area (Å²) in [7, 11) is 1.66. The van der Waals surface area contributed by atoms with Crippen LogP contribution in [0.2, 0.25) is 0 Å². The molecule has 1 unspecified atom stereocenters. The van der Waals surface area contributed by atoms with Crippen molar-refractivity contribution in [2.24, 2.45) is 0 Å². The fourth-order valence-corrected chi connectivity index (χ4v) is 2.77. The Morgan fingerprint density at radius 3 is 2.67 bits per heavy atom. The second-order valence-corrected chi connectivity index (χ2v) is 5.26. The van der Waals surface area contributed by atoms with E-state index < -0.39 is 6.10 Å². The van der Waals surface area contributed by atoms with Gasteiger partial charge >= 0.3 is 0 Å². The Morgan fingerprint density at radius 1 is 1.28 bits per heavy atom. The third-order valence-electron chi connectivity index (χ3n) is 3.28. The summed E-state index contributed by atoms with van der Waals surface area (Å²) >= 11 is 1.65. The number of hydrogen-bond acceptors (Lipinski definition) is 3. The van der Waals surface area contributed by atoms with Gasteiger partial charge in [-0.1, -0.05) is 12.1 Å². The summed E-state index contributed by atoms with van der Waals surface area (Å²) in [6.07, 6.45) is 0.108. The van der Waals surface area contributed by atoms with Crippen molar-refractivity contribution in [2.45, 2.75) is 26.4 Å². The predicted octanol–water partition coefficient (Wildman–Crippen LogP) is 3.65. The fourth-order valence-electron chi connectivity index (χ4n) is 2.09. The molecule has 18 heavy (non-hydrogen) atoms. The lowest BCUT2D eigenvalue weighted by molar-refractivity contribution is 0.174. The highest BCUT2D eigenvalue weighted by atomic mass is 32.1. The summed E-state index contributed by atoms with van der Waals surface area (Å²) < 4.78 is 5.44. The fraction of sp³-hybridized carbons (Fsp3) is 0.333. The molecule has 1 aromatic heterocycles. The molecule has 0 aliphatic heterocycles. The third-order valence-corrected chi connectivity index (χ3v) is 4.01. The van der Waals surface area contributed by atoms with Crippen molar-refractivity contribution in [1.82, 2.24) is 0 Å². The molecule has 0 spiro atoms. The SMILES string of the molecule is COc1c(C(O)Cc2ccsc2)ccc(C)c1C. The van der Waals surface area contributed by atoms with E-state index in [1.54, 1.807) is 18.4 Å². The molecule has 0 bridgehead atoms. The molecule has 0 amide bonds. The monoisotopic (exact) mass is 262 g/mol. The van der Waals surface area contributed by atoms with Gasteiger partial charge in [0, 0.05) is 12.0 Å². The topological polar surface area (TPSA) is 29.5 Å². The Labute approximate surface area is 112 Å². The van der Waals surface area contributed by atoms with Crippen molar-refractivity contribution < 1.29 is 9.84 Å². The number of hydrogen-bond donors (Lipinski definition) is 1. The van der Waals surface area contributed by atoms with E-state index in [0.29, 0.717) is 6.42 Å². The molecule has 2 aromatic rings.